The van der Waals surface area contributed by atoms with Crippen LogP contribution in [0.5, 0.6) is 11.5 Å². The third kappa shape index (κ3) is 5.16. The summed E-state index contributed by atoms with van der Waals surface area (Å²) in [4.78, 5) is 29.7. The second-order valence-corrected chi connectivity index (χ2v) is 8.96. The summed E-state index contributed by atoms with van der Waals surface area (Å²) in [5.41, 5.74) is 2.42. The number of carbonyl (C=O) groups excluding carboxylic acids is 2. The Kier molecular flexibility index (Phi) is 6.81. The number of nitrogens with zero attached hydrogens (tertiary/aromatic N) is 2. The van der Waals surface area contributed by atoms with Crippen molar-refractivity contribution in [3.63, 3.8) is 0 Å². The number of hydrogen-bond acceptors (Lipinski definition) is 5. The van der Waals surface area contributed by atoms with Crippen molar-refractivity contribution >= 4 is 34.8 Å². The van der Waals surface area contributed by atoms with E-state index < -0.39 is 11.9 Å². The van der Waals surface area contributed by atoms with E-state index in [4.69, 9.17) is 21.7 Å². The average molecular weight is 506 g/mol. The molecule has 0 aromatic heterocycles. The third-order valence-electron chi connectivity index (χ3n) is 6.17. The molecule has 2 aliphatic heterocycles. The summed E-state index contributed by atoms with van der Waals surface area (Å²) in [7, 11) is 0. The van der Waals surface area contributed by atoms with Crippen LogP contribution < -0.4 is 14.8 Å². The van der Waals surface area contributed by atoms with Crippen LogP contribution in [0.25, 0.3) is 0 Å². The molecule has 9 heteroatoms. The highest BCUT2D eigenvalue weighted by molar-refractivity contribution is 7.80. The number of nitrogens with one attached hydrogen (secondary N) is 1. The van der Waals surface area contributed by atoms with Gasteiger partial charge >= 0.3 is 0 Å². The maximum atomic E-state index is 13.5. The highest BCUT2D eigenvalue weighted by Gasteiger charge is 2.43. The van der Waals surface area contributed by atoms with Gasteiger partial charge < -0.3 is 19.7 Å². The molecule has 0 bridgehead atoms. The van der Waals surface area contributed by atoms with Crippen LogP contribution in [-0.4, -0.2) is 46.1 Å². The Morgan fingerprint density at radius 1 is 1.00 bits per heavy atom. The highest BCUT2D eigenvalue weighted by atomic mass is 32.1. The predicted molar refractivity (Wildman–Crippen MR) is 136 cm³/mol. The molecule has 3 aromatic rings. The van der Waals surface area contributed by atoms with E-state index in [1.165, 1.54) is 24.3 Å². The van der Waals surface area contributed by atoms with Gasteiger partial charge in [-0.3, -0.25) is 14.5 Å². The van der Waals surface area contributed by atoms with Gasteiger partial charge in [0.15, 0.2) is 16.6 Å². The van der Waals surface area contributed by atoms with Gasteiger partial charge in [-0.05, 0) is 66.2 Å². The lowest BCUT2D eigenvalue weighted by Gasteiger charge is -2.24. The molecule has 0 saturated carbocycles. The lowest BCUT2D eigenvalue weighted by atomic mass is 10.1. The van der Waals surface area contributed by atoms with E-state index in [0.717, 1.165) is 11.1 Å². The molecule has 0 unspecified atom stereocenters. The van der Waals surface area contributed by atoms with Crippen molar-refractivity contribution in [2.45, 2.75) is 25.4 Å². The first-order valence-corrected chi connectivity index (χ1v) is 12.0. The summed E-state index contributed by atoms with van der Waals surface area (Å²) in [6.45, 7) is 0.909. The minimum absolute atomic E-state index is 0.0945. The first kappa shape index (κ1) is 23.7. The summed E-state index contributed by atoms with van der Waals surface area (Å²) in [6.07, 6.45) is 0.543. The summed E-state index contributed by atoms with van der Waals surface area (Å²) in [5, 5.41) is 3.12. The average Bonchev–Trinajstić information content (AvgIpc) is 3.43. The van der Waals surface area contributed by atoms with Gasteiger partial charge in [-0.15, -0.1) is 0 Å². The Balaban J connectivity index is 1.34. The molecule has 7 nitrogen and oxygen atoms in total. The Labute approximate surface area is 213 Å². The monoisotopic (exact) mass is 505 g/mol. The van der Waals surface area contributed by atoms with Crippen LogP contribution in [0.4, 0.5) is 10.1 Å². The molecule has 0 spiro atoms. The largest absolute Gasteiger partial charge is 0.454 e. The fourth-order valence-corrected chi connectivity index (χ4v) is 4.69. The fraction of sp³-hybridized carbons (Fsp3) is 0.222. The van der Waals surface area contributed by atoms with Crippen molar-refractivity contribution in [1.82, 2.24) is 9.80 Å². The zero-order valence-electron chi connectivity index (χ0n) is 19.4. The molecule has 2 aliphatic rings. The van der Waals surface area contributed by atoms with Crippen LogP contribution >= 0.6 is 12.2 Å². The minimum Gasteiger partial charge on any atom is -0.454 e. The van der Waals surface area contributed by atoms with Crippen molar-refractivity contribution in [2.75, 3.05) is 18.7 Å². The van der Waals surface area contributed by atoms with Gasteiger partial charge in [0.2, 0.25) is 12.7 Å². The predicted octanol–water partition coefficient (Wildman–Crippen LogP) is 4.12. The highest BCUT2D eigenvalue weighted by Crippen LogP contribution is 2.34. The van der Waals surface area contributed by atoms with E-state index in [2.05, 4.69) is 5.32 Å². The second-order valence-electron chi connectivity index (χ2n) is 8.60. The van der Waals surface area contributed by atoms with Crippen molar-refractivity contribution in [3.05, 3.63) is 89.7 Å². The van der Waals surface area contributed by atoms with Gasteiger partial charge in [0.1, 0.15) is 11.9 Å². The number of ether oxygens (including phenoxy) is 2. The molecule has 1 fully saturated rings. The molecule has 36 heavy (non-hydrogen) atoms. The molecule has 1 N–H and O–H groups in total. The van der Waals surface area contributed by atoms with E-state index in [9.17, 15) is 14.0 Å². The maximum Gasteiger partial charge on any atom is 0.252 e. The molecule has 0 aliphatic carbocycles. The Morgan fingerprint density at radius 2 is 1.75 bits per heavy atom. The van der Waals surface area contributed by atoms with Crippen LogP contribution in [-0.2, 0) is 22.6 Å². The lowest BCUT2D eigenvalue weighted by molar-refractivity contribution is -0.130. The smallest absolute Gasteiger partial charge is 0.252 e. The van der Waals surface area contributed by atoms with Crippen molar-refractivity contribution < 1.29 is 23.5 Å². The van der Waals surface area contributed by atoms with Gasteiger partial charge in [-0.25, -0.2) is 4.39 Å². The quantitative estimate of drug-likeness (QED) is 0.465. The van der Waals surface area contributed by atoms with E-state index in [0.29, 0.717) is 41.8 Å². The number of thiocarbonyl (C=S) groups is 1. The maximum absolute atomic E-state index is 13.5. The summed E-state index contributed by atoms with van der Waals surface area (Å²) in [5.74, 6) is 0.330. The molecule has 1 saturated heterocycles. The number of halogens is 1. The first-order valence-electron chi connectivity index (χ1n) is 11.6. The number of anilines is 1. The molecule has 0 radical (unpaired) electrons. The number of hydrogen-bond donors (Lipinski definition) is 1. The summed E-state index contributed by atoms with van der Waals surface area (Å²) >= 11 is 5.73. The summed E-state index contributed by atoms with van der Waals surface area (Å²) < 4.78 is 24.1. The molecule has 5 rings (SSSR count). The number of amides is 2. The van der Waals surface area contributed by atoms with Crippen molar-refractivity contribution in [2.24, 2.45) is 0 Å². The van der Waals surface area contributed by atoms with Crippen molar-refractivity contribution in [1.29, 1.82) is 0 Å². The van der Waals surface area contributed by atoms with Crippen molar-refractivity contribution in [3.8, 4) is 11.5 Å². The normalized spacial score (nSPS) is 16.5. The lowest BCUT2D eigenvalue weighted by Crippen LogP contribution is -2.37. The number of rotatable bonds is 8. The van der Waals surface area contributed by atoms with Crippen LogP contribution in [0.3, 0.4) is 0 Å². The first-order chi connectivity index (χ1) is 17.5. The van der Waals surface area contributed by atoms with Gasteiger partial charge in [0.05, 0.1) is 6.42 Å². The molecule has 1 atom stereocenters. The molecule has 3 aromatic carbocycles. The van der Waals surface area contributed by atoms with Crippen LogP contribution in [0, 0.1) is 5.82 Å². The van der Waals surface area contributed by atoms with Crippen LogP contribution in [0.15, 0.2) is 72.8 Å². The Bertz CT molecular complexity index is 1290. The standard InChI is InChI=1S/C27H24FN3O4S/c28-20-7-9-21(10-8-20)29-25(32)15-22-26(33)30(13-12-18-4-2-1-3-5-18)27(36)31(22)16-19-6-11-23-24(14-19)35-17-34-23/h1-11,14,22H,12-13,15-17H2,(H,29,32)/t22-/m0/s1. The van der Waals surface area contributed by atoms with Gasteiger partial charge in [0, 0.05) is 18.8 Å². The van der Waals surface area contributed by atoms with Crippen LogP contribution in [0.2, 0.25) is 0 Å². The van der Waals surface area contributed by atoms with Gasteiger partial charge in [-0.2, -0.15) is 0 Å². The third-order valence-corrected chi connectivity index (χ3v) is 6.62. The minimum atomic E-state index is -0.765. The SMILES string of the molecule is O=C(C[C@H]1C(=O)N(CCc2ccccc2)C(=S)N1Cc1ccc2c(c1)OCO2)Nc1ccc(F)cc1. The van der Waals surface area contributed by atoms with E-state index in [1.807, 2.05) is 48.5 Å². The van der Waals surface area contributed by atoms with E-state index in [-0.39, 0.29) is 25.0 Å². The molecule has 2 heterocycles. The number of benzene rings is 3. The van der Waals surface area contributed by atoms with E-state index in [1.54, 1.807) is 9.80 Å². The Hall–Kier alpha value is -3.98. The number of carbonyl (C=O) groups is 2. The fourth-order valence-electron chi connectivity index (χ4n) is 4.32. The Morgan fingerprint density at radius 3 is 2.53 bits per heavy atom. The summed E-state index contributed by atoms with van der Waals surface area (Å²) in [6, 6.07) is 20.1. The van der Waals surface area contributed by atoms with Gasteiger partial charge in [0.25, 0.3) is 5.91 Å². The van der Waals surface area contributed by atoms with E-state index >= 15 is 0 Å². The second kappa shape index (κ2) is 10.3. The molecular formula is C27H24FN3O4S. The zero-order chi connectivity index (χ0) is 25.1. The van der Waals surface area contributed by atoms with Gasteiger partial charge in [-0.1, -0.05) is 36.4 Å². The zero-order valence-corrected chi connectivity index (χ0v) is 20.2. The topological polar surface area (TPSA) is 71.1 Å². The molecule has 2 amide bonds. The molecule has 184 valence electrons. The number of fused-ring (bicyclic) bond motifs is 1. The molecular weight excluding hydrogens is 481 g/mol. The van der Waals surface area contributed by atoms with Crippen LogP contribution in [0.1, 0.15) is 17.5 Å².